The summed E-state index contributed by atoms with van der Waals surface area (Å²) in [7, 11) is 1.78. The third-order valence-corrected chi connectivity index (χ3v) is 5.64. The molecule has 2 aromatic carbocycles. The monoisotopic (exact) mass is 418 g/mol. The first-order valence-electron chi connectivity index (χ1n) is 8.66. The fraction of sp³-hybridized carbons (Fsp3) is 0.263. The highest BCUT2D eigenvalue weighted by atomic mass is 35.5. The number of hydrogen-bond acceptors (Lipinski definition) is 6. The smallest absolute Gasteiger partial charge is 0.269 e. The first-order valence-corrected chi connectivity index (χ1v) is 9.85. The van der Waals surface area contributed by atoms with Crippen molar-refractivity contribution in [2.45, 2.75) is 13.5 Å². The van der Waals surface area contributed by atoms with Crippen LogP contribution in [-0.2, 0) is 11.3 Å². The van der Waals surface area contributed by atoms with Gasteiger partial charge in [0.1, 0.15) is 0 Å². The summed E-state index contributed by atoms with van der Waals surface area (Å²) in [6.07, 6.45) is 0. The van der Waals surface area contributed by atoms with Gasteiger partial charge in [-0.2, -0.15) is 0 Å². The molecular formula is C19H19ClN4O3S. The second-order valence-electron chi connectivity index (χ2n) is 6.31. The van der Waals surface area contributed by atoms with E-state index in [1.165, 1.54) is 29.5 Å². The van der Waals surface area contributed by atoms with Crippen LogP contribution in [-0.4, -0.2) is 40.9 Å². The molecule has 0 saturated heterocycles. The van der Waals surface area contributed by atoms with Crippen LogP contribution in [0.25, 0.3) is 10.2 Å². The van der Waals surface area contributed by atoms with Crippen LogP contribution in [0.3, 0.4) is 0 Å². The van der Waals surface area contributed by atoms with Gasteiger partial charge < -0.3 is 0 Å². The number of non-ortho nitro benzene ring substituents is 1. The first-order chi connectivity index (χ1) is 13.4. The molecule has 3 aromatic rings. The minimum Gasteiger partial charge on any atom is -0.293 e. The lowest BCUT2D eigenvalue weighted by Gasteiger charge is -2.22. The lowest BCUT2D eigenvalue weighted by Crippen LogP contribution is -2.38. The van der Waals surface area contributed by atoms with Crippen LogP contribution in [0, 0.1) is 10.1 Å². The summed E-state index contributed by atoms with van der Waals surface area (Å²) >= 11 is 7.64. The summed E-state index contributed by atoms with van der Waals surface area (Å²) in [5.41, 5.74) is 1.45. The van der Waals surface area contributed by atoms with Crippen LogP contribution < -0.4 is 4.90 Å². The summed E-state index contributed by atoms with van der Waals surface area (Å²) in [5, 5.41) is 12.1. The molecule has 0 saturated carbocycles. The Labute approximate surface area is 171 Å². The van der Waals surface area contributed by atoms with E-state index in [0.29, 0.717) is 28.8 Å². The number of fused-ring (bicyclic) bond motifs is 1. The van der Waals surface area contributed by atoms with Gasteiger partial charge in [0, 0.05) is 30.2 Å². The number of aromatic nitrogens is 1. The molecule has 7 nitrogen and oxygen atoms in total. The Morgan fingerprint density at radius 1 is 1.29 bits per heavy atom. The van der Waals surface area contributed by atoms with E-state index in [2.05, 4.69) is 4.98 Å². The van der Waals surface area contributed by atoms with Crippen molar-refractivity contribution >= 4 is 49.9 Å². The highest BCUT2D eigenvalue weighted by Crippen LogP contribution is 2.29. The third kappa shape index (κ3) is 4.46. The summed E-state index contributed by atoms with van der Waals surface area (Å²) in [4.78, 5) is 31.3. The van der Waals surface area contributed by atoms with Crippen LogP contribution >= 0.6 is 22.9 Å². The summed E-state index contributed by atoms with van der Waals surface area (Å²) in [6, 6.07) is 12.1. The van der Waals surface area contributed by atoms with Crippen LogP contribution in [0.2, 0.25) is 5.02 Å². The number of likely N-dealkylation sites (N-methyl/N-ethyl adjacent to an activating group) is 2. The molecule has 0 N–H and O–H groups in total. The van der Waals surface area contributed by atoms with Crippen molar-refractivity contribution in [3.05, 3.63) is 63.2 Å². The number of anilines is 1. The Balaban J connectivity index is 1.72. The zero-order valence-corrected chi connectivity index (χ0v) is 17.0. The van der Waals surface area contributed by atoms with Crippen molar-refractivity contribution in [1.82, 2.24) is 9.88 Å². The average Bonchev–Trinajstić information content (AvgIpc) is 3.07. The van der Waals surface area contributed by atoms with Crippen molar-refractivity contribution in [2.24, 2.45) is 0 Å². The molecule has 0 fully saturated rings. The molecule has 1 heterocycles. The normalized spacial score (nSPS) is 11.1. The van der Waals surface area contributed by atoms with Crippen LogP contribution in [0.1, 0.15) is 12.5 Å². The van der Waals surface area contributed by atoms with E-state index >= 15 is 0 Å². The highest BCUT2D eigenvalue weighted by Gasteiger charge is 2.20. The van der Waals surface area contributed by atoms with E-state index in [1.807, 2.05) is 31.2 Å². The first kappa shape index (κ1) is 20.2. The number of amides is 1. The van der Waals surface area contributed by atoms with Gasteiger partial charge in [-0.25, -0.2) is 4.98 Å². The van der Waals surface area contributed by atoms with Crippen molar-refractivity contribution in [3.8, 4) is 0 Å². The molecular weight excluding hydrogens is 400 g/mol. The van der Waals surface area contributed by atoms with Crippen LogP contribution in [0.4, 0.5) is 10.8 Å². The largest absolute Gasteiger partial charge is 0.293 e. The Morgan fingerprint density at radius 3 is 2.71 bits per heavy atom. The molecule has 146 valence electrons. The Morgan fingerprint density at radius 2 is 2.04 bits per heavy atom. The zero-order chi connectivity index (χ0) is 20.3. The molecule has 0 aliphatic carbocycles. The number of nitrogens with zero attached hydrogens (tertiary/aromatic N) is 4. The maximum Gasteiger partial charge on any atom is 0.269 e. The second kappa shape index (κ2) is 8.64. The summed E-state index contributed by atoms with van der Waals surface area (Å²) < 4.78 is 1.03. The number of benzene rings is 2. The van der Waals surface area contributed by atoms with E-state index in [-0.39, 0.29) is 18.1 Å². The van der Waals surface area contributed by atoms with Crippen LogP contribution in [0.15, 0.2) is 42.5 Å². The second-order valence-corrected chi connectivity index (χ2v) is 7.72. The average molecular weight is 419 g/mol. The number of rotatable bonds is 7. The lowest BCUT2D eigenvalue weighted by molar-refractivity contribution is -0.384. The predicted molar refractivity (Wildman–Crippen MR) is 112 cm³/mol. The Bertz CT molecular complexity index is 990. The highest BCUT2D eigenvalue weighted by molar-refractivity contribution is 7.22. The molecule has 0 aliphatic rings. The van der Waals surface area contributed by atoms with Crippen molar-refractivity contribution in [2.75, 3.05) is 25.0 Å². The van der Waals surface area contributed by atoms with E-state index in [9.17, 15) is 14.9 Å². The number of halogens is 1. The number of para-hydroxylation sites is 1. The number of carbonyl (C=O) groups excluding carboxylic acids is 1. The molecule has 0 unspecified atom stereocenters. The van der Waals surface area contributed by atoms with Gasteiger partial charge in [0.2, 0.25) is 5.91 Å². The fourth-order valence-corrected chi connectivity index (χ4v) is 4.08. The number of carbonyl (C=O) groups is 1. The van der Waals surface area contributed by atoms with Crippen molar-refractivity contribution in [1.29, 1.82) is 0 Å². The third-order valence-electron chi connectivity index (χ3n) is 4.22. The van der Waals surface area contributed by atoms with Gasteiger partial charge in [-0.3, -0.25) is 24.7 Å². The Hall–Kier alpha value is -2.55. The molecule has 3 rings (SSSR count). The molecule has 9 heteroatoms. The van der Waals surface area contributed by atoms with Gasteiger partial charge in [-0.1, -0.05) is 35.1 Å². The van der Waals surface area contributed by atoms with Gasteiger partial charge in [-0.15, -0.1) is 0 Å². The molecule has 0 bridgehead atoms. The van der Waals surface area contributed by atoms with Crippen molar-refractivity contribution in [3.63, 3.8) is 0 Å². The molecule has 0 atom stereocenters. The van der Waals surface area contributed by atoms with Gasteiger partial charge >= 0.3 is 0 Å². The molecule has 0 radical (unpaired) electrons. The van der Waals surface area contributed by atoms with Gasteiger partial charge in [-0.05, 0) is 37.7 Å². The van der Waals surface area contributed by atoms with Gasteiger partial charge in [0.15, 0.2) is 5.13 Å². The van der Waals surface area contributed by atoms with E-state index in [0.717, 1.165) is 10.2 Å². The quantitative estimate of drug-likeness (QED) is 0.421. The van der Waals surface area contributed by atoms with Crippen LogP contribution in [0.5, 0.6) is 0 Å². The summed E-state index contributed by atoms with van der Waals surface area (Å²) in [6.45, 7) is 2.87. The standard InChI is InChI=1S/C19H19ClN4O3S/c1-3-23(19-21-16-6-4-5-7-17(16)28-19)18(25)12-22(2)11-13-10-14(24(26)27)8-9-15(13)20/h4-10H,3,11-12H2,1-2H3. The molecule has 0 aliphatic heterocycles. The van der Waals surface area contributed by atoms with Gasteiger partial charge in [0.05, 0.1) is 21.7 Å². The molecule has 1 amide bonds. The minimum absolute atomic E-state index is 0.0243. The fourth-order valence-electron chi connectivity index (χ4n) is 2.85. The molecule has 28 heavy (non-hydrogen) atoms. The van der Waals surface area contributed by atoms with Crippen molar-refractivity contribution < 1.29 is 9.72 Å². The molecule has 0 spiro atoms. The zero-order valence-electron chi connectivity index (χ0n) is 15.5. The SMILES string of the molecule is CCN(C(=O)CN(C)Cc1cc([N+](=O)[O-])ccc1Cl)c1nc2ccccc2s1. The number of nitro groups is 1. The Kier molecular flexibility index (Phi) is 6.23. The van der Waals surface area contributed by atoms with E-state index < -0.39 is 4.92 Å². The number of hydrogen-bond donors (Lipinski definition) is 0. The van der Waals surface area contributed by atoms with E-state index in [4.69, 9.17) is 11.6 Å². The summed E-state index contributed by atoms with van der Waals surface area (Å²) in [5.74, 6) is -0.0920. The number of thiazole rings is 1. The minimum atomic E-state index is -0.461. The molecule has 1 aromatic heterocycles. The lowest BCUT2D eigenvalue weighted by atomic mass is 10.2. The topological polar surface area (TPSA) is 79.6 Å². The maximum absolute atomic E-state index is 12.8. The van der Waals surface area contributed by atoms with E-state index in [1.54, 1.807) is 16.8 Å². The number of nitro benzene ring substituents is 1. The maximum atomic E-state index is 12.8. The van der Waals surface area contributed by atoms with Gasteiger partial charge in [0.25, 0.3) is 5.69 Å². The predicted octanol–water partition coefficient (Wildman–Crippen LogP) is 4.34.